The standard InChI is InChI=1S/C13H21NO2.ClH/c1-9(2)7-8-12(16)13(14)10-5-3-4-6-11(10)15;/h3-6,9,12-13,15-16H,7-8,14H2,1-2H3;1H/t12-,13+;/m1./s1. The van der Waals surface area contributed by atoms with Crippen LogP contribution in [0.2, 0.25) is 0 Å². The molecule has 0 radical (unpaired) electrons. The fourth-order valence-electron chi connectivity index (χ4n) is 1.66. The molecule has 0 aromatic heterocycles. The second-order valence-electron chi connectivity index (χ2n) is 4.62. The Morgan fingerprint density at radius 1 is 1.18 bits per heavy atom. The van der Waals surface area contributed by atoms with Gasteiger partial charge in [-0.3, -0.25) is 0 Å². The number of aromatic hydroxyl groups is 1. The summed E-state index contributed by atoms with van der Waals surface area (Å²) in [5, 5.41) is 19.5. The Balaban J connectivity index is 0.00000256. The molecular formula is C13H22ClNO2. The van der Waals surface area contributed by atoms with Gasteiger partial charge < -0.3 is 15.9 Å². The van der Waals surface area contributed by atoms with Gasteiger partial charge in [-0.1, -0.05) is 32.0 Å². The Bertz CT molecular complexity index is 331. The van der Waals surface area contributed by atoms with E-state index in [4.69, 9.17) is 5.73 Å². The molecule has 0 heterocycles. The van der Waals surface area contributed by atoms with E-state index >= 15 is 0 Å². The minimum atomic E-state index is -0.601. The summed E-state index contributed by atoms with van der Waals surface area (Å²) >= 11 is 0. The van der Waals surface area contributed by atoms with E-state index in [2.05, 4.69) is 13.8 Å². The summed E-state index contributed by atoms with van der Waals surface area (Å²) in [5.41, 5.74) is 6.53. The van der Waals surface area contributed by atoms with Crippen molar-refractivity contribution in [3.8, 4) is 5.75 Å². The Morgan fingerprint density at radius 3 is 2.29 bits per heavy atom. The second-order valence-corrected chi connectivity index (χ2v) is 4.62. The number of benzene rings is 1. The predicted octanol–water partition coefficient (Wildman–Crippen LogP) is 2.61. The number of nitrogens with two attached hydrogens (primary N) is 1. The Hall–Kier alpha value is -0.770. The topological polar surface area (TPSA) is 66.5 Å². The van der Waals surface area contributed by atoms with E-state index in [-0.39, 0.29) is 18.2 Å². The second kappa shape index (κ2) is 7.54. The van der Waals surface area contributed by atoms with Crippen molar-refractivity contribution in [2.75, 3.05) is 0 Å². The first-order valence-corrected chi connectivity index (χ1v) is 5.74. The van der Waals surface area contributed by atoms with Crippen molar-refractivity contribution in [2.45, 2.75) is 38.8 Å². The molecule has 1 rings (SSSR count). The van der Waals surface area contributed by atoms with Gasteiger partial charge in [0.05, 0.1) is 12.1 Å². The van der Waals surface area contributed by atoms with E-state index in [1.165, 1.54) is 0 Å². The van der Waals surface area contributed by atoms with Crippen LogP contribution in [0.5, 0.6) is 5.75 Å². The molecule has 0 aliphatic rings. The zero-order valence-corrected chi connectivity index (χ0v) is 11.2. The van der Waals surface area contributed by atoms with Gasteiger partial charge in [0.25, 0.3) is 0 Å². The number of phenols is 1. The van der Waals surface area contributed by atoms with E-state index in [9.17, 15) is 10.2 Å². The number of aliphatic hydroxyl groups is 1. The summed E-state index contributed by atoms with van der Waals surface area (Å²) in [7, 11) is 0. The van der Waals surface area contributed by atoms with Crippen LogP contribution in [0.3, 0.4) is 0 Å². The van der Waals surface area contributed by atoms with Crippen LogP contribution < -0.4 is 5.73 Å². The van der Waals surface area contributed by atoms with Crippen LogP contribution in [0.15, 0.2) is 24.3 Å². The minimum Gasteiger partial charge on any atom is -0.508 e. The number of hydrogen-bond acceptors (Lipinski definition) is 3. The van der Waals surface area contributed by atoms with Gasteiger partial charge >= 0.3 is 0 Å². The van der Waals surface area contributed by atoms with Gasteiger partial charge in [0.1, 0.15) is 5.75 Å². The molecule has 2 atom stereocenters. The number of phenolic OH excluding ortho intramolecular Hbond substituents is 1. The highest BCUT2D eigenvalue weighted by atomic mass is 35.5. The molecule has 0 bridgehead atoms. The zero-order chi connectivity index (χ0) is 12.1. The third-order valence-corrected chi connectivity index (χ3v) is 2.75. The molecule has 98 valence electrons. The molecule has 3 nitrogen and oxygen atoms in total. The first-order valence-electron chi connectivity index (χ1n) is 5.74. The van der Waals surface area contributed by atoms with Gasteiger partial charge in [0.2, 0.25) is 0 Å². The quantitative estimate of drug-likeness (QED) is 0.762. The SMILES string of the molecule is CC(C)CC[C@@H](O)[C@@H](N)c1ccccc1O.Cl. The lowest BCUT2D eigenvalue weighted by Crippen LogP contribution is -2.26. The first-order chi connectivity index (χ1) is 7.52. The van der Waals surface area contributed by atoms with Crippen molar-refractivity contribution in [1.82, 2.24) is 0 Å². The molecule has 0 unspecified atom stereocenters. The molecule has 0 spiro atoms. The lowest BCUT2D eigenvalue weighted by molar-refractivity contribution is 0.127. The van der Waals surface area contributed by atoms with Gasteiger partial charge in [-0.25, -0.2) is 0 Å². The molecule has 1 aromatic rings. The highest BCUT2D eigenvalue weighted by Crippen LogP contribution is 2.26. The maximum absolute atomic E-state index is 9.91. The van der Waals surface area contributed by atoms with Crippen molar-refractivity contribution in [2.24, 2.45) is 11.7 Å². The molecule has 4 heteroatoms. The highest BCUT2D eigenvalue weighted by molar-refractivity contribution is 5.85. The normalized spacial score (nSPS) is 14.2. The van der Waals surface area contributed by atoms with Crippen molar-refractivity contribution < 1.29 is 10.2 Å². The van der Waals surface area contributed by atoms with Crippen LogP contribution >= 0.6 is 12.4 Å². The summed E-state index contributed by atoms with van der Waals surface area (Å²) < 4.78 is 0. The third kappa shape index (κ3) is 4.94. The van der Waals surface area contributed by atoms with Crippen LogP contribution in [0.4, 0.5) is 0 Å². The molecule has 4 N–H and O–H groups in total. The van der Waals surface area contributed by atoms with Crippen molar-refractivity contribution in [3.05, 3.63) is 29.8 Å². The minimum absolute atomic E-state index is 0. The number of aliphatic hydroxyl groups excluding tert-OH is 1. The molecule has 0 aliphatic heterocycles. The fourth-order valence-corrected chi connectivity index (χ4v) is 1.66. The molecule has 17 heavy (non-hydrogen) atoms. The summed E-state index contributed by atoms with van der Waals surface area (Å²) in [5.74, 6) is 0.699. The van der Waals surface area contributed by atoms with Crippen LogP contribution in [-0.2, 0) is 0 Å². The van der Waals surface area contributed by atoms with Crippen molar-refractivity contribution in [1.29, 1.82) is 0 Å². The average molecular weight is 260 g/mol. The van der Waals surface area contributed by atoms with Crippen LogP contribution in [0.25, 0.3) is 0 Å². The number of halogens is 1. The van der Waals surface area contributed by atoms with Gasteiger partial charge in [-0.15, -0.1) is 12.4 Å². The van der Waals surface area contributed by atoms with Gasteiger partial charge in [-0.2, -0.15) is 0 Å². The van der Waals surface area contributed by atoms with Crippen molar-refractivity contribution >= 4 is 12.4 Å². The zero-order valence-electron chi connectivity index (χ0n) is 10.3. The summed E-state index contributed by atoms with van der Waals surface area (Å²) in [6, 6.07) is 6.37. The van der Waals surface area contributed by atoms with E-state index in [1.807, 2.05) is 6.07 Å². The summed E-state index contributed by atoms with van der Waals surface area (Å²) in [4.78, 5) is 0. The molecule has 0 saturated carbocycles. The Kier molecular flexibility index (Phi) is 7.19. The fraction of sp³-hybridized carbons (Fsp3) is 0.538. The largest absolute Gasteiger partial charge is 0.508 e. The Morgan fingerprint density at radius 2 is 1.76 bits per heavy atom. The van der Waals surface area contributed by atoms with Gasteiger partial charge in [-0.05, 0) is 24.8 Å². The van der Waals surface area contributed by atoms with Crippen LogP contribution in [0, 0.1) is 5.92 Å². The van der Waals surface area contributed by atoms with Gasteiger partial charge in [0, 0.05) is 5.56 Å². The van der Waals surface area contributed by atoms with Crippen LogP contribution in [-0.4, -0.2) is 16.3 Å². The van der Waals surface area contributed by atoms with E-state index < -0.39 is 12.1 Å². The predicted molar refractivity (Wildman–Crippen MR) is 72.4 cm³/mol. The van der Waals surface area contributed by atoms with Crippen LogP contribution in [0.1, 0.15) is 38.3 Å². The number of hydrogen-bond donors (Lipinski definition) is 3. The van der Waals surface area contributed by atoms with E-state index in [0.717, 1.165) is 6.42 Å². The maximum Gasteiger partial charge on any atom is 0.120 e. The van der Waals surface area contributed by atoms with Crippen molar-refractivity contribution in [3.63, 3.8) is 0 Å². The molecule has 0 fully saturated rings. The highest BCUT2D eigenvalue weighted by Gasteiger charge is 2.19. The van der Waals surface area contributed by atoms with E-state index in [1.54, 1.807) is 18.2 Å². The molecule has 0 aliphatic carbocycles. The third-order valence-electron chi connectivity index (χ3n) is 2.75. The number of rotatable bonds is 5. The summed E-state index contributed by atoms with van der Waals surface area (Å²) in [6.45, 7) is 4.22. The monoisotopic (exact) mass is 259 g/mol. The number of para-hydroxylation sites is 1. The summed E-state index contributed by atoms with van der Waals surface area (Å²) in [6.07, 6.45) is 0.992. The maximum atomic E-state index is 9.91. The lowest BCUT2D eigenvalue weighted by Gasteiger charge is -2.20. The van der Waals surface area contributed by atoms with E-state index in [0.29, 0.717) is 17.9 Å². The lowest BCUT2D eigenvalue weighted by atomic mass is 9.95. The molecular weight excluding hydrogens is 238 g/mol. The van der Waals surface area contributed by atoms with Gasteiger partial charge in [0.15, 0.2) is 0 Å². The average Bonchev–Trinajstić information content (AvgIpc) is 2.25. The molecule has 0 amide bonds. The molecule has 1 aromatic carbocycles. The smallest absolute Gasteiger partial charge is 0.120 e. The Labute approximate surface area is 109 Å². The molecule has 0 saturated heterocycles. The first kappa shape index (κ1) is 16.2.